The van der Waals surface area contributed by atoms with Gasteiger partial charge >= 0.3 is 0 Å². The number of anilines is 1. The summed E-state index contributed by atoms with van der Waals surface area (Å²) in [4.78, 5) is 12.1. The Morgan fingerprint density at radius 3 is 2.50 bits per heavy atom. The first kappa shape index (κ1) is 14.0. The van der Waals surface area contributed by atoms with Gasteiger partial charge < -0.3 is 10.4 Å². The Morgan fingerprint density at radius 1 is 1.25 bits per heavy atom. The van der Waals surface area contributed by atoms with E-state index in [1.54, 1.807) is 0 Å². The van der Waals surface area contributed by atoms with E-state index in [0.29, 0.717) is 18.0 Å². The molecule has 0 saturated heterocycles. The third kappa shape index (κ3) is 2.75. The van der Waals surface area contributed by atoms with Crippen molar-refractivity contribution in [2.75, 3.05) is 5.32 Å². The van der Waals surface area contributed by atoms with Crippen LogP contribution < -0.4 is 5.32 Å². The van der Waals surface area contributed by atoms with Crippen LogP contribution in [0.15, 0.2) is 12.1 Å². The van der Waals surface area contributed by atoms with Gasteiger partial charge in [-0.2, -0.15) is 0 Å². The quantitative estimate of drug-likeness (QED) is 0.809. The maximum absolute atomic E-state index is 12.1. The minimum absolute atomic E-state index is 0.000345. The zero-order valence-corrected chi connectivity index (χ0v) is 12.5. The molecule has 3 atom stereocenters. The normalized spacial score (nSPS) is 27.8. The van der Waals surface area contributed by atoms with Crippen LogP contribution in [0.25, 0.3) is 0 Å². The molecule has 2 saturated carbocycles. The van der Waals surface area contributed by atoms with Crippen LogP contribution in [0.2, 0.25) is 10.0 Å². The fraction of sp³-hybridized carbons (Fsp3) is 0.533. The topological polar surface area (TPSA) is 49.3 Å². The van der Waals surface area contributed by atoms with E-state index in [1.165, 1.54) is 37.8 Å². The molecule has 3 unspecified atom stereocenters. The predicted octanol–water partition coefficient (Wildman–Crippen LogP) is 4.46. The summed E-state index contributed by atoms with van der Waals surface area (Å²) in [6.07, 6.45) is 5.67. The van der Waals surface area contributed by atoms with Crippen LogP contribution in [-0.2, 0) is 4.79 Å². The van der Waals surface area contributed by atoms with Gasteiger partial charge in [-0.15, -0.1) is 0 Å². The van der Waals surface area contributed by atoms with Gasteiger partial charge in [-0.1, -0.05) is 29.6 Å². The minimum Gasteiger partial charge on any atom is -0.505 e. The maximum atomic E-state index is 12.1. The van der Waals surface area contributed by atoms with Gasteiger partial charge in [0.2, 0.25) is 5.91 Å². The van der Waals surface area contributed by atoms with Crippen molar-refractivity contribution >= 4 is 34.8 Å². The number of amides is 1. The lowest BCUT2D eigenvalue weighted by atomic mass is 9.86. The van der Waals surface area contributed by atoms with Crippen LogP contribution >= 0.6 is 23.2 Å². The van der Waals surface area contributed by atoms with Crippen molar-refractivity contribution in [2.45, 2.75) is 32.1 Å². The van der Waals surface area contributed by atoms with Crippen LogP contribution in [0.3, 0.4) is 0 Å². The van der Waals surface area contributed by atoms with Crippen molar-refractivity contribution in [1.29, 1.82) is 0 Å². The lowest BCUT2D eigenvalue weighted by Crippen LogP contribution is -2.20. The third-order valence-corrected chi connectivity index (χ3v) is 5.21. The summed E-state index contributed by atoms with van der Waals surface area (Å²) in [5.41, 5.74) is 0.533. The zero-order valence-electron chi connectivity index (χ0n) is 11.0. The second-order valence-corrected chi connectivity index (χ2v) is 6.79. The van der Waals surface area contributed by atoms with E-state index in [9.17, 15) is 9.90 Å². The molecule has 3 rings (SSSR count). The van der Waals surface area contributed by atoms with Crippen LogP contribution in [-0.4, -0.2) is 11.0 Å². The van der Waals surface area contributed by atoms with E-state index in [4.69, 9.17) is 23.2 Å². The molecular formula is C15H17Cl2NO2. The van der Waals surface area contributed by atoms with Crippen LogP contribution in [0.5, 0.6) is 5.75 Å². The predicted molar refractivity (Wildman–Crippen MR) is 80.3 cm³/mol. The molecule has 2 N–H and O–H groups in total. The first-order valence-electron chi connectivity index (χ1n) is 7.01. The van der Waals surface area contributed by atoms with E-state index in [-0.39, 0.29) is 21.7 Å². The fourth-order valence-electron chi connectivity index (χ4n) is 3.71. The van der Waals surface area contributed by atoms with Gasteiger partial charge in [0, 0.05) is 12.1 Å². The van der Waals surface area contributed by atoms with E-state index < -0.39 is 0 Å². The Kier molecular flexibility index (Phi) is 3.83. The summed E-state index contributed by atoms with van der Waals surface area (Å²) in [5.74, 6) is 1.95. The number of fused-ring (bicyclic) bond motifs is 2. The summed E-state index contributed by atoms with van der Waals surface area (Å²) in [6, 6.07) is 3.03. The number of phenolic OH excluding ortho intramolecular Hbond substituents is 1. The largest absolute Gasteiger partial charge is 0.505 e. The first-order valence-corrected chi connectivity index (χ1v) is 7.76. The Balaban J connectivity index is 1.62. The molecule has 0 spiro atoms. The van der Waals surface area contributed by atoms with Crippen LogP contribution in [0, 0.1) is 17.8 Å². The molecule has 2 bridgehead atoms. The number of aromatic hydroxyl groups is 1. The van der Waals surface area contributed by atoms with Gasteiger partial charge in [0.05, 0.1) is 10.0 Å². The molecular weight excluding hydrogens is 297 g/mol. The second kappa shape index (κ2) is 5.45. The highest BCUT2D eigenvalue weighted by Gasteiger charge is 2.40. The van der Waals surface area contributed by atoms with Gasteiger partial charge in [0.25, 0.3) is 0 Å². The van der Waals surface area contributed by atoms with Crippen molar-refractivity contribution < 1.29 is 9.90 Å². The van der Waals surface area contributed by atoms with Crippen LogP contribution in [0.1, 0.15) is 32.1 Å². The number of phenols is 1. The lowest BCUT2D eigenvalue weighted by Gasteiger charge is -2.21. The van der Waals surface area contributed by atoms with E-state index in [0.717, 1.165) is 11.8 Å². The number of carbonyl (C=O) groups is 1. The number of rotatable bonds is 3. The molecule has 2 fully saturated rings. The molecule has 2 aliphatic carbocycles. The zero-order chi connectivity index (χ0) is 14.3. The summed E-state index contributed by atoms with van der Waals surface area (Å²) in [6.45, 7) is 0. The van der Waals surface area contributed by atoms with Gasteiger partial charge in [-0.05, 0) is 49.1 Å². The summed E-state index contributed by atoms with van der Waals surface area (Å²) in [7, 11) is 0. The van der Waals surface area contributed by atoms with E-state index in [2.05, 4.69) is 5.32 Å². The Bertz CT molecular complexity index is 524. The fourth-order valence-corrected chi connectivity index (χ4v) is 4.20. The van der Waals surface area contributed by atoms with E-state index in [1.807, 2.05) is 0 Å². The van der Waals surface area contributed by atoms with Crippen molar-refractivity contribution in [2.24, 2.45) is 17.8 Å². The molecule has 5 heteroatoms. The van der Waals surface area contributed by atoms with Gasteiger partial charge in [-0.3, -0.25) is 4.79 Å². The molecule has 1 amide bonds. The number of hydrogen-bond acceptors (Lipinski definition) is 2. The van der Waals surface area contributed by atoms with Gasteiger partial charge in [0.1, 0.15) is 0 Å². The molecule has 3 nitrogen and oxygen atoms in total. The number of halogens is 2. The third-order valence-electron chi connectivity index (χ3n) is 4.63. The highest BCUT2D eigenvalue weighted by atomic mass is 35.5. The van der Waals surface area contributed by atoms with Crippen molar-refractivity contribution in [3.05, 3.63) is 22.2 Å². The molecule has 1 aromatic carbocycles. The average molecular weight is 314 g/mol. The summed E-state index contributed by atoms with van der Waals surface area (Å²) >= 11 is 11.7. The number of benzene rings is 1. The highest BCUT2D eigenvalue weighted by Crippen LogP contribution is 2.49. The standard InChI is InChI=1S/C15H17Cl2NO2/c16-12-6-11(7-13(17)15(12)20)18-14(19)5-10-4-8-1-2-9(10)3-8/h6-10,20H,1-5H2,(H,18,19). The molecule has 20 heavy (non-hydrogen) atoms. The average Bonchev–Trinajstić information content (AvgIpc) is 2.97. The summed E-state index contributed by atoms with van der Waals surface area (Å²) in [5, 5.41) is 12.6. The maximum Gasteiger partial charge on any atom is 0.224 e. The monoisotopic (exact) mass is 313 g/mol. The smallest absolute Gasteiger partial charge is 0.224 e. The molecule has 2 aliphatic rings. The SMILES string of the molecule is O=C(CC1CC2CCC1C2)Nc1cc(Cl)c(O)c(Cl)c1. The van der Waals surface area contributed by atoms with Crippen molar-refractivity contribution in [1.82, 2.24) is 0 Å². The highest BCUT2D eigenvalue weighted by molar-refractivity contribution is 6.37. The molecule has 1 aromatic rings. The van der Waals surface area contributed by atoms with Crippen molar-refractivity contribution in [3.8, 4) is 5.75 Å². The molecule has 0 heterocycles. The number of nitrogens with one attached hydrogen (secondary N) is 1. The Morgan fingerprint density at radius 2 is 1.95 bits per heavy atom. The molecule has 0 aliphatic heterocycles. The Labute approximate surface area is 128 Å². The molecule has 0 aromatic heterocycles. The van der Waals surface area contributed by atoms with Crippen LogP contribution in [0.4, 0.5) is 5.69 Å². The number of carbonyl (C=O) groups excluding carboxylic acids is 1. The van der Waals surface area contributed by atoms with Gasteiger partial charge in [0.15, 0.2) is 5.75 Å². The summed E-state index contributed by atoms with van der Waals surface area (Å²) < 4.78 is 0. The lowest BCUT2D eigenvalue weighted by molar-refractivity contribution is -0.117. The molecule has 0 radical (unpaired) electrons. The second-order valence-electron chi connectivity index (χ2n) is 5.98. The Hall–Kier alpha value is -0.930. The van der Waals surface area contributed by atoms with E-state index >= 15 is 0 Å². The number of hydrogen-bond donors (Lipinski definition) is 2. The minimum atomic E-state index is -0.153. The van der Waals surface area contributed by atoms with Gasteiger partial charge in [-0.25, -0.2) is 0 Å². The first-order chi connectivity index (χ1) is 9.52. The molecule has 108 valence electrons. The van der Waals surface area contributed by atoms with Crippen molar-refractivity contribution in [3.63, 3.8) is 0 Å².